The number of halogens is 4. The number of carbonyl (C=O) groups excluding carboxylic acids is 3. The molecule has 14 heteroatoms. The summed E-state index contributed by atoms with van der Waals surface area (Å²) in [6, 6.07) is 5.61. The number of aryl methyl sites for hydroxylation is 1. The highest BCUT2D eigenvalue weighted by molar-refractivity contribution is 5.96. The molecule has 3 aromatic rings. The molecule has 236 valence electrons. The molecule has 1 saturated heterocycles. The number of alkyl carbamates (subject to hydrolysis) is 1. The molecule has 1 aromatic carbocycles. The van der Waals surface area contributed by atoms with Crippen molar-refractivity contribution in [1.29, 1.82) is 0 Å². The zero-order chi connectivity index (χ0) is 31.9. The quantitative estimate of drug-likeness (QED) is 0.213. The number of nitrogens with one attached hydrogen (secondary N) is 3. The van der Waals surface area contributed by atoms with E-state index in [1.165, 1.54) is 35.0 Å². The first-order valence-electron chi connectivity index (χ1n) is 14.1. The van der Waals surface area contributed by atoms with Gasteiger partial charge in [0.2, 0.25) is 11.8 Å². The van der Waals surface area contributed by atoms with E-state index < -0.39 is 48.4 Å². The molecule has 4 rings (SSSR count). The number of ether oxygens (including phenoxy) is 1. The molecule has 3 amide bonds. The number of aromatic nitrogens is 2. The summed E-state index contributed by atoms with van der Waals surface area (Å²) in [5.41, 5.74) is 0.273. The van der Waals surface area contributed by atoms with Gasteiger partial charge in [0.25, 0.3) is 5.56 Å². The molecule has 0 saturated carbocycles. The molecule has 0 spiro atoms. The topological polar surface area (TPSA) is 126 Å². The van der Waals surface area contributed by atoms with E-state index in [-0.39, 0.29) is 36.5 Å². The fraction of sp³-hybridized carbons (Fsp3) is 0.400. The van der Waals surface area contributed by atoms with Crippen molar-refractivity contribution in [1.82, 2.24) is 19.8 Å². The van der Waals surface area contributed by atoms with Crippen LogP contribution in [0.3, 0.4) is 0 Å². The van der Waals surface area contributed by atoms with Crippen LogP contribution in [0.15, 0.2) is 53.5 Å². The molecular formula is C30H33F4N5O5. The monoisotopic (exact) mass is 619 g/mol. The zero-order valence-electron chi connectivity index (χ0n) is 24.0. The van der Waals surface area contributed by atoms with Gasteiger partial charge >= 0.3 is 12.3 Å². The van der Waals surface area contributed by atoms with Crippen molar-refractivity contribution in [3.05, 3.63) is 76.1 Å². The second-order valence-electron chi connectivity index (χ2n) is 10.5. The number of benzene rings is 1. The molecule has 2 aromatic heterocycles. The van der Waals surface area contributed by atoms with E-state index in [1.807, 2.05) is 0 Å². The third kappa shape index (κ3) is 8.71. The minimum absolute atomic E-state index is 0.0444. The normalized spacial score (nSPS) is 14.2. The van der Waals surface area contributed by atoms with Gasteiger partial charge in [-0.1, -0.05) is 6.08 Å². The highest BCUT2D eigenvalue weighted by Gasteiger charge is 2.27. The molecular weight excluding hydrogens is 586 g/mol. The van der Waals surface area contributed by atoms with Gasteiger partial charge in [-0.2, -0.15) is 13.2 Å². The fourth-order valence-corrected chi connectivity index (χ4v) is 5.02. The number of likely N-dealkylation sites (tertiary alicyclic amines) is 1. The molecule has 1 aliphatic rings. The summed E-state index contributed by atoms with van der Waals surface area (Å²) in [5, 5.41) is 5.32. The van der Waals surface area contributed by atoms with Crippen molar-refractivity contribution >= 4 is 34.5 Å². The molecule has 1 aliphatic heterocycles. The number of carbonyl (C=O) groups is 3. The Labute approximate surface area is 250 Å². The maximum atomic E-state index is 14.1. The number of hydrogen-bond acceptors (Lipinski definition) is 5. The largest absolute Gasteiger partial charge is 0.453 e. The number of allylic oxidation sites excluding steroid dienone is 1. The number of pyridine rings is 1. The second-order valence-corrected chi connectivity index (χ2v) is 10.5. The third-order valence-electron chi connectivity index (χ3n) is 7.22. The van der Waals surface area contributed by atoms with Gasteiger partial charge in [0.05, 0.1) is 13.7 Å². The van der Waals surface area contributed by atoms with Crippen molar-refractivity contribution in [3.8, 4) is 0 Å². The van der Waals surface area contributed by atoms with Crippen LogP contribution in [0, 0.1) is 5.82 Å². The van der Waals surface area contributed by atoms with Crippen LogP contribution >= 0.6 is 0 Å². The molecule has 0 bridgehead atoms. The lowest BCUT2D eigenvalue weighted by molar-refractivity contribution is -0.134. The molecule has 1 unspecified atom stereocenters. The van der Waals surface area contributed by atoms with Gasteiger partial charge in [0, 0.05) is 42.3 Å². The summed E-state index contributed by atoms with van der Waals surface area (Å²) in [6.45, 7) is 1.36. The van der Waals surface area contributed by atoms with E-state index in [4.69, 9.17) is 0 Å². The summed E-state index contributed by atoms with van der Waals surface area (Å²) in [5.74, 6) is -1.47. The molecule has 1 atom stereocenters. The molecule has 0 aliphatic carbocycles. The number of methoxy groups -OCH3 is 1. The highest BCUT2D eigenvalue weighted by atomic mass is 19.4. The Bertz CT molecular complexity index is 1590. The van der Waals surface area contributed by atoms with Crippen LogP contribution in [0.25, 0.3) is 10.9 Å². The van der Waals surface area contributed by atoms with E-state index in [0.717, 1.165) is 26.0 Å². The summed E-state index contributed by atoms with van der Waals surface area (Å²) in [7, 11) is 1.15. The van der Waals surface area contributed by atoms with Gasteiger partial charge in [-0.25, -0.2) is 9.18 Å². The highest BCUT2D eigenvalue weighted by Crippen LogP contribution is 2.27. The average molecular weight is 620 g/mol. The first kappa shape index (κ1) is 32.3. The molecule has 3 N–H and O–H groups in total. The van der Waals surface area contributed by atoms with Crippen molar-refractivity contribution in [2.75, 3.05) is 25.5 Å². The van der Waals surface area contributed by atoms with Gasteiger partial charge in [0.15, 0.2) is 0 Å². The van der Waals surface area contributed by atoms with E-state index in [1.54, 1.807) is 17.0 Å². The molecule has 1 fully saturated rings. The van der Waals surface area contributed by atoms with Gasteiger partial charge in [-0.05, 0) is 74.1 Å². The Morgan fingerprint density at radius 3 is 2.61 bits per heavy atom. The fourth-order valence-electron chi connectivity index (χ4n) is 5.02. The Morgan fingerprint density at radius 1 is 1.16 bits per heavy atom. The van der Waals surface area contributed by atoms with Crippen LogP contribution < -0.4 is 16.2 Å². The Hall–Kier alpha value is -4.62. The predicted molar refractivity (Wildman–Crippen MR) is 155 cm³/mol. The number of H-pyrrole nitrogens is 1. The number of nitrogens with zero attached hydrogens (tertiary/aromatic N) is 2. The van der Waals surface area contributed by atoms with E-state index in [0.29, 0.717) is 29.7 Å². The van der Waals surface area contributed by atoms with Crippen molar-refractivity contribution in [2.45, 2.75) is 57.3 Å². The third-order valence-corrected chi connectivity index (χ3v) is 7.22. The number of alkyl halides is 3. The van der Waals surface area contributed by atoms with Crippen LogP contribution in [0.5, 0.6) is 0 Å². The standard InChI is InChI=1S/C30H33F4N5O5/c1-44-29(43)37-23(7-2-3-9-25(40)38-12-4-5-13-38)27(41)36-24-8-6-14-39(28(24)42)18-22-17-20-16-21(31)15-19(26(20)35-22)10-11-30(32,33)34/h3,6,8-9,14-17,23,35H,2,4-5,7,10-13,18H2,1H3,(H,36,41)(H,37,43). The summed E-state index contributed by atoms with van der Waals surface area (Å²) >= 11 is 0. The van der Waals surface area contributed by atoms with Crippen LogP contribution in [0.1, 0.15) is 43.4 Å². The van der Waals surface area contributed by atoms with Crippen LogP contribution in [0.4, 0.5) is 28.0 Å². The Morgan fingerprint density at radius 2 is 1.91 bits per heavy atom. The average Bonchev–Trinajstić information content (AvgIpc) is 3.65. The first-order valence-corrected chi connectivity index (χ1v) is 14.1. The number of rotatable bonds is 11. The van der Waals surface area contributed by atoms with Gasteiger partial charge in [-0.15, -0.1) is 0 Å². The van der Waals surface area contributed by atoms with E-state index in [9.17, 15) is 36.7 Å². The molecule has 44 heavy (non-hydrogen) atoms. The lowest BCUT2D eigenvalue weighted by Gasteiger charge is -2.17. The number of aromatic amines is 1. The minimum Gasteiger partial charge on any atom is -0.453 e. The molecule has 10 nitrogen and oxygen atoms in total. The zero-order valence-corrected chi connectivity index (χ0v) is 24.0. The summed E-state index contributed by atoms with van der Waals surface area (Å²) < 4.78 is 58.3. The van der Waals surface area contributed by atoms with E-state index in [2.05, 4.69) is 20.4 Å². The number of hydrogen-bond donors (Lipinski definition) is 3. The SMILES string of the molecule is COC(=O)NC(CCC=CC(=O)N1CCCC1)C(=O)Nc1cccn(Cc2cc3cc(F)cc(CCC(F)(F)F)c3[nH]2)c1=O. The number of amides is 3. The van der Waals surface area contributed by atoms with Gasteiger partial charge in [0.1, 0.15) is 17.5 Å². The molecule has 3 heterocycles. The van der Waals surface area contributed by atoms with Gasteiger partial charge < -0.3 is 29.8 Å². The van der Waals surface area contributed by atoms with Crippen molar-refractivity contribution in [3.63, 3.8) is 0 Å². The van der Waals surface area contributed by atoms with Crippen LogP contribution in [0.2, 0.25) is 0 Å². The summed E-state index contributed by atoms with van der Waals surface area (Å²) in [4.78, 5) is 55.1. The maximum absolute atomic E-state index is 14.1. The van der Waals surface area contributed by atoms with Crippen molar-refractivity contribution in [2.24, 2.45) is 0 Å². The van der Waals surface area contributed by atoms with Crippen LogP contribution in [-0.4, -0.2) is 64.8 Å². The number of fused-ring (bicyclic) bond motifs is 1. The van der Waals surface area contributed by atoms with Crippen molar-refractivity contribution < 1.29 is 36.7 Å². The van der Waals surface area contributed by atoms with E-state index >= 15 is 0 Å². The lowest BCUT2D eigenvalue weighted by Crippen LogP contribution is -2.44. The smallest absolute Gasteiger partial charge is 0.407 e. The van der Waals surface area contributed by atoms with Crippen LogP contribution in [-0.2, 0) is 27.3 Å². The summed E-state index contributed by atoms with van der Waals surface area (Å²) in [6.07, 6.45) is 0.0624. The number of anilines is 1. The minimum atomic E-state index is -4.40. The Kier molecular flexibility index (Phi) is 10.4. The lowest BCUT2D eigenvalue weighted by atomic mass is 10.1. The predicted octanol–water partition coefficient (Wildman–Crippen LogP) is 4.63. The maximum Gasteiger partial charge on any atom is 0.407 e. The molecule has 0 radical (unpaired) electrons. The Balaban J connectivity index is 1.46. The van der Waals surface area contributed by atoms with Gasteiger partial charge in [-0.3, -0.25) is 14.4 Å². The first-order chi connectivity index (χ1) is 20.9. The second kappa shape index (κ2) is 14.2.